The molecule has 4 heteroatoms. The standard InChI is InChI=1S/C9H10Cl2N2/c10-8-2-1-7(9(8)11)6-3-4-12-13-5-6/h3-5,7-9H,1-2H2. The largest absolute Gasteiger partial charge is 0.159 e. The van der Waals surface area contributed by atoms with Crippen LogP contribution >= 0.6 is 23.2 Å². The average Bonchev–Trinajstić information content (AvgIpc) is 2.49. The van der Waals surface area contributed by atoms with Gasteiger partial charge in [-0.3, -0.25) is 0 Å². The van der Waals surface area contributed by atoms with Gasteiger partial charge in [-0.15, -0.1) is 23.2 Å². The molecule has 1 aromatic heterocycles. The molecule has 0 spiro atoms. The summed E-state index contributed by atoms with van der Waals surface area (Å²) in [7, 11) is 0. The van der Waals surface area contributed by atoms with E-state index >= 15 is 0 Å². The van der Waals surface area contributed by atoms with Crippen LogP contribution in [0.5, 0.6) is 0 Å². The highest BCUT2D eigenvalue weighted by atomic mass is 35.5. The Morgan fingerprint density at radius 3 is 2.62 bits per heavy atom. The average molecular weight is 217 g/mol. The molecule has 0 aromatic carbocycles. The molecule has 1 saturated carbocycles. The van der Waals surface area contributed by atoms with Crippen LogP contribution < -0.4 is 0 Å². The number of alkyl halides is 2. The summed E-state index contributed by atoms with van der Waals surface area (Å²) in [6.45, 7) is 0. The predicted octanol–water partition coefficient (Wildman–Crippen LogP) is 2.57. The summed E-state index contributed by atoms with van der Waals surface area (Å²) < 4.78 is 0. The van der Waals surface area contributed by atoms with Gasteiger partial charge in [-0.2, -0.15) is 10.2 Å². The Kier molecular flexibility index (Phi) is 2.70. The number of hydrogen-bond acceptors (Lipinski definition) is 2. The fraction of sp³-hybridized carbons (Fsp3) is 0.556. The van der Waals surface area contributed by atoms with Gasteiger partial charge < -0.3 is 0 Å². The van der Waals surface area contributed by atoms with E-state index in [0.717, 1.165) is 18.4 Å². The molecule has 3 unspecified atom stereocenters. The van der Waals surface area contributed by atoms with Gasteiger partial charge in [0, 0.05) is 12.1 Å². The molecule has 3 atom stereocenters. The minimum absolute atomic E-state index is 0.0332. The van der Waals surface area contributed by atoms with Gasteiger partial charge in [-0.25, -0.2) is 0 Å². The third kappa shape index (κ3) is 1.79. The van der Waals surface area contributed by atoms with E-state index in [4.69, 9.17) is 23.2 Å². The van der Waals surface area contributed by atoms with E-state index in [1.807, 2.05) is 6.07 Å². The summed E-state index contributed by atoms with van der Waals surface area (Å²) in [6.07, 6.45) is 5.51. The van der Waals surface area contributed by atoms with Crippen LogP contribution in [-0.4, -0.2) is 21.0 Å². The van der Waals surface area contributed by atoms with Gasteiger partial charge in [0.1, 0.15) is 0 Å². The predicted molar refractivity (Wildman–Crippen MR) is 53.3 cm³/mol. The molecule has 0 amide bonds. The molecule has 0 saturated heterocycles. The molecule has 13 heavy (non-hydrogen) atoms. The maximum absolute atomic E-state index is 6.18. The fourth-order valence-corrected chi connectivity index (χ4v) is 2.48. The van der Waals surface area contributed by atoms with Crippen LogP contribution in [0.15, 0.2) is 18.5 Å². The minimum Gasteiger partial charge on any atom is -0.159 e. The highest BCUT2D eigenvalue weighted by Crippen LogP contribution is 2.40. The van der Waals surface area contributed by atoms with E-state index in [1.165, 1.54) is 0 Å². The molecule has 2 nitrogen and oxygen atoms in total. The second kappa shape index (κ2) is 3.81. The third-order valence-electron chi connectivity index (χ3n) is 2.52. The monoisotopic (exact) mass is 216 g/mol. The Labute approximate surface area is 87.3 Å². The molecule has 70 valence electrons. The number of halogens is 2. The first-order valence-corrected chi connectivity index (χ1v) is 5.21. The smallest absolute Gasteiger partial charge is 0.0568 e. The summed E-state index contributed by atoms with van der Waals surface area (Å²) >= 11 is 12.2. The summed E-state index contributed by atoms with van der Waals surface area (Å²) in [4.78, 5) is 0. The molecular formula is C9H10Cl2N2. The maximum atomic E-state index is 6.18. The zero-order valence-electron chi connectivity index (χ0n) is 7.03. The molecular weight excluding hydrogens is 207 g/mol. The van der Waals surface area contributed by atoms with E-state index in [0.29, 0.717) is 5.92 Å². The van der Waals surface area contributed by atoms with Gasteiger partial charge >= 0.3 is 0 Å². The lowest BCUT2D eigenvalue weighted by Gasteiger charge is -2.14. The van der Waals surface area contributed by atoms with Crippen LogP contribution in [0.2, 0.25) is 0 Å². The van der Waals surface area contributed by atoms with Crippen molar-refractivity contribution in [1.29, 1.82) is 0 Å². The number of aromatic nitrogens is 2. The van der Waals surface area contributed by atoms with Crippen molar-refractivity contribution in [2.75, 3.05) is 0 Å². The highest BCUT2D eigenvalue weighted by Gasteiger charge is 2.34. The minimum atomic E-state index is 0.0332. The maximum Gasteiger partial charge on any atom is 0.0568 e. The zero-order valence-corrected chi connectivity index (χ0v) is 8.54. The van der Waals surface area contributed by atoms with Crippen molar-refractivity contribution in [2.45, 2.75) is 29.5 Å². The first-order valence-electron chi connectivity index (χ1n) is 4.34. The zero-order chi connectivity index (χ0) is 9.26. The van der Waals surface area contributed by atoms with Gasteiger partial charge in [0.15, 0.2) is 0 Å². The van der Waals surface area contributed by atoms with Crippen molar-refractivity contribution in [3.8, 4) is 0 Å². The molecule has 0 bridgehead atoms. The first-order chi connectivity index (χ1) is 6.29. The van der Waals surface area contributed by atoms with Crippen molar-refractivity contribution in [2.24, 2.45) is 0 Å². The summed E-state index contributed by atoms with van der Waals surface area (Å²) in [5.74, 6) is 0.347. The fourth-order valence-electron chi connectivity index (χ4n) is 1.78. The van der Waals surface area contributed by atoms with Crippen LogP contribution in [0.3, 0.4) is 0 Å². The van der Waals surface area contributed by atoms with Crippen LogP contribution in [0, 0.1) is 0 Å². The van der Waals surface area contributed by atoms with E-state index in [9.17, 15) is 0 Å². The van der Waals surface area contributed by atoms with E-state index in [2.05, 4.69) is 10.2 Å². The lowest BCUT2D eigenvalue weighted by molar-refractivity contribution is 0.721. The van der Waals surface area contributed by atoms with Crippen LogP contribution in [0.1, 0.15) is 24.3 Å². The number of nitrogens with zero attached hydrogens (tertiary/aromatic N) is 2. The molecule has 0 N–H and O–H groups in total. The van der Waals surface area contributed by atoms with Gasteiger partial charge in [0.2, 0.25) is 0 Å². The SMILES string of the molecule is ClC1CCC(c2ccnnc2)C1Cl. The summed E-state index contributed by atoms with van der Waals surface area (Å²) in [5, 5.41) is 7.70. The van der Waals surface area contributed by atoms with Gasteiger partial charge in [-0.1, -0.05) is 0 Å². The lowest BCUT2D eigenvalue weighted by atomic mass is 10.00. The van der Waals surface area contributed by atoms with Crippen molar-refractivity contribution in [3.05, 3.63) is 24.0 Å². The Bertz CT molecular complexity index is 278. The molecule has 1 aliphatic carbocycles. The van der Waals surface area contributed by atoms with Crippen LogP contribution in [0.25, 0.3) is 0 Å². The van der Waals surface area contributed by atoms with E-state index in [-0.39, 0.29) is 10.8 Å². The quantitative estimate of drug-likeness (QED) is 0.675. The molecule has 1 aromatic rings. The second-order valence-electron chi connectivity index (χ2n) is 3.32. The van der Waals surface area contributed by atoms with Gasteiger partial charge in [-0.05, 0) is 24.5 Å². The van der Waals surface area contributed by atoms with Crippen molar-refractivity contribution < 1.29 is 0 Å². The number of hydrogen-bond donors (Lipinski definition) is 0. The summed E-state index contributed by atoms with van der Waals surface area (Å²) in [6, 6.07) is 1.96. The molecule has 1 aliphatic rings. The third-order valence-corrected chi connectivity index (χ3v) is 3.75. The topological polar surface area (TPSA) is 25.8 Å². The highest BCUT2D eigenvalue weighted by molar-refractivity contribution is 6.30. The Morgan fingerprint density at radius 2 is 2.08 bits per heavy atom. The molecule has 2 rings (SSSR count). The molecule has 0 radical (unpaired) electrons. The lowest BCUT2D eigenvalue weighted by Crippen LogP contribution is -2.13. The second-order valence-corrected chi connectivity index (χ2v) is 4.38. The van der Waals surface area contributed by atoms with Crippen LogP contribution in [0.4, 0.5) is 0 Å². The Morgan fingerprint density at radius 1 is 1.23 bits per heavy atom. The van der Waals surface area contributed by atoms with E-state index < -0.39 is 0 Å². The molecule has 1 fully saturated rings. The van der Waals surface area contributed by atoms with Crippen molar-refractivity contribution in [3.63, 3.8) is 0 Å². The van der Waals surface area contributed by atoms with Crippen molar-refractivity contribution in [1.82, 2.24) is 10.2 Å². The van der Waals surface area contributed by atoms with Gasteiger partial charge in [0.25, 0.3) is 0 Å². The van der Waals surface area contributed by atoms with Gasteiger partial charge in [0.05, 0.1) is 17.0 Å². The van der Waals surface area contributed by atoms with Crippen molar-refractivity contribution >= 4 is 23.2 Å². The Balaban J connectivity index is 2.19. The molecule has 1 heterocycles. The normalized spacial score (nSPS) is 33.5. The number of rotatable bonds is 1. The first kappa shape index (κ1) is 9.22. The van der Waals surface area contributed by atoms with Crippen LogP contribution in [-0.2, 0) is 0 Å². The summed E-state index contributed by atoms with van der Waals surface area (Å²) in [5.41, 5.74) is 1.15. The Hall–Kier alpha value is -0.340. The molecule has 0 aliphatic heterocycles. The van der Waals surface area contributed by atoms with E-state index in [1.54, 1.807) is 12.4 Å².